The standard InChI is InChI=1S/C17H13N5/c18-9-12-1-7-15(8-2-12)21-17-11-20-10-16(22-17)13-3-5-14(19)6-4-13/h1-8,10-11H,19H2,(H,21,22). The fraction of sp³-hybridized carbons (Fsp3) is 0. The number of rotatable bonds is 3. The zero-order chi connectivity index (χ0) is 15.4. The summed E-state index contributed by atoms with van der Waals surface area (Å²) in [6.07, 6.45) is 3.36. The van der Waals surface area contributed by atoms with Crippen molar-refractivity contribution in [2.24, 2.45) is 0 Å². The van der Waals surface area contributed by atoms with E-state index in [9.17, 15) is 0 Å². The van der Waals surface area contributed by atoms with E-state index in [1.54, 1.807) is 24.5 Å². The van der Waals surface area contributed by atoms with Crippen molar-refractivity contribution in [2.75, 3.05) is 11.1 Å². The molecular weight excluding hydrogens is 274 g/mol. The second kappa shape index (κ2) is 5.94. The number of nitrogens with one attached hydrogen (secondary N) is 1. The normalized spacial score (nSPS) is 9.95. The average Bonchev–Trinajstić information content (AvgIpc) is 2.56. The summed E-state index contributed by atoms with van der Waals surface area (Å²) < 4.78 is 0. The van der Waals surface area contributed by atoms with Crippen LogP contribution < -0.4 is 11.1 Å². The van der Waals surface area contributed by atoms with Crippen molar-refractivity contribution in [3.63, 3.8) is 0 Å². The first-order chi connectivity index (χ1) is 10.7. The van der Waals surface area contributed by atoms with Gasteiger partial charge in [-0.2, -0.15) is 5.26 Å². The summed E-state index contributed by atoms with van der Waals surface area (Å²) in [6.45, 7) is 0. The number of nitrogen functional groups attached to an aromatic ring is 1. The number of nitriles is 1. The van der Waals surface area contributed by atoms with E-state index < -0.39 is 0 Å². The molecule has 1 aromatic heterocycles. The fourth-order valence-corrected chi connectivity index (χ4v) is 2.00. The lowest BCUT2D eigenvalue weighted by Crippen LogP contribution is -1.96. The van der Waals surface area contributed by atoms with E-state index in [1.807, 2.05) is 36.4 Å². The van der Waals surface area contributed by atoms with Crippen LogP contribution in [0.3, 0.4) is 0 Å². The predicted octanol–water partition coefficient (Wildman–Crippen LogP) is 3.34. The fourth-order valence-electron chi connectivity index (χ4n) is 2.00. The molecule has 0 saturated heterocycles. The maximum absolute atomic E-state index is 8.80. The Morgan fingerprint density at radius 3 is 2.36 bits per heavy atom. The third-order valence-electron chi connectivity index (χ3n) is 3.13. The van der Waals surface area contributed by atoms with Crippen molar-refractivity contribution in [1.29, 1.82) is 5.26 Å². The first kappa shape index (κ1) is 13.6. The number of benzene rings is 2. The van der Waals surface area contributed by atoms with Crippen molar-refractivity contribution in [1.82, 2.24) is 9.97 Å². The van der Waals surface area contributed by atoms with Gasteiger partial charge in [0.1, 0.15) is 5.82 Å². The summed E-state index contributed by atoms with van der Waals surface area (Å²) in [5, 5.41) is 12.0. The van der Waals surface area contributed by atoms with Gasteiger partial charge in [0, 0.05) is 16.9 Å². The minimum absolute atomic E-state index is 0.618. The van der Waals surface area contributed by atoms with Gasteiger partial charge in [-0.05, 0) is 36.4 Å². The van der Waals surface area contributed by atoms with E-state index in [0.29, 0.717) is 17.1 Å². The van der Waals surface area contributed by atoms with Crippen LogP contribution in [-0.4, -0.2) is 9.97 Å². The van der Waals surface area contributed by atoms with Crippen LogP contribution >= 0.6 is 0 Å². The van der Waals surface area contributed by atoms with E-state index in [2.05, 4.69) is 21.4 Å². The summed E-state index contributed by atoms with van der Waals surface area (Å²) in [6, 6.07) is 16.7. The monoisotopic (exact) mass is 287 g/mol. The molecule has 106 valence electrons. The lowest BCUT2D eigenvalue weighted by molar-refractivity contribution is 1.20. The molecule has 3 aromatic rings. The number of nitrogens with zero attached hydrogens (tertiary/aromatic N) is 3. The Hall–Kier alpha value is -3.39. The van der Waals surface area contributed by atoms with E-state index in [1.165, 1.54) is 0 Å². The summed E-state index contributed by atoms with van der Waals surface area (Å²) in [5.74, 6) is 0.638. The molecule has 0 fully saturated rings. The van der Waals surface area contributed by atoms with Crippen molar-refractivity contribution >= 4 is 17.2 Å². The van der Waals surface area contributed by atoms with Crippen LogP contribution in [0.1, 0.15) is 5.56 Å². The molecule has 0 bridgehead atoms. The zero-order valence-corrected chi connectivity index (χ0v) is 11.7. The molecule has 22 heavy (non-hydrogen) atoms. The van der Waals surface area contributed by atoms with Gasteiger partial charge in [-0.15, -0.1) is 0 Å². The molecule has 0 aliphatic carbocycles. The number of nitrogens with two attached hydrogens (primary N) is 1. The van der Waals surface area contributed by atoms with Crippen LogP contribution in [0.4, 0.5) is 17.2 Å². The maximum atomic E-state index is 8.80. The topological polar surface area (TPSA) is 87.6 Å². The quantitative estimate of drug-likeness (QED) is 0.721. The summed E-state index contributed by atoms with van der Waals surface area (Å²) in [4.78, 5) is 8.74. The molecule has 1 heterocycles. The zero-order valence-electron chi connectivity index (χ0n) is 11.7. The highest BCUT2D eigenvalue weighted by Gasteiger charge is 2.03. The molecule has 0 radical (unpaired) electrons. The molecule has 3 rings (SSSR count). The van der Waals surface area contributed by atoms with Gasteiger partial charge in [-0.25, -0.2) is 4.98 Å². The molecular formula is C17H13N5. The molecule has 0 saturated carbocycles. The van der Waals surface area contributed by atoms with Gasteiger partial charge in [-0.3, -0.25) is 4.98 Å². The second-order valence-electron chi connectivity index (χ2n) is 4.73. The van der Waals surface area contributed by atoms with E-state index >= 15 is 0 Å². The minimum atomic E-state index is 0.618. The molecule has 5 nitrogen and oxygen atoms in total. The van der Waals surface area contributed by atoms with Gasteiger partial charge < -0.3 is 11.1 Å². The molecule has 0 aliphatic rings. The van der Waals surface area contributed by atoms with Gasteiger partial charge in [0.25, 0.3) is 0 Å². The van der Waals surface area contributed by atoms with Crippen LogP contribution in [0.2, 0.25) is 0 Å². The predicted molar refractivity (Wildman–Crippen MR) is 86.3 cm³/mol. The first-order valence-electron chi connectivity index (χ1n) is 6.70. The van der Waals surface area contributed by atoms with Crippen LogP contribution in [0.25, 0.3) is 11.3 Å². The molecule has 0 atom stereocenters. The number of aromatic nitrogens is 2. The first-order valence-corrected chi connectivity index (χ1v) is 6.70. The minimum Gasteiger partial charge on any atom is -0.399 e. The third-order valence-corrected chi connectivity index (χ3v) is 3.13. The van der Waals surface area contributed by atoms with E-state index in [-0.39, 0.29) is 0 Å². The van der Waals surface area contributed by atoms with E-state index in [0.717, 1.165) is 16.9 Å². The second-order valence-corrected chi connectivity index (χ2v) is 4.73. The van der Waals surface area contributed by atoms with Gasteiger partial charge >= 0.3 is 0 Å². The van der Waals surface area contributed by atoms with Crippen molar-refractivity contribution in [3.8, 4) is 17.3 Å². The van der Waals surface area contributed by atoms with Gasteiger partial charge in [0.2, 0.25) is 0 Å². The highest BCUT2D eigenvalue weighted by Crippen LogP contribution is 2.21. The van der Waals surface area contributed by atoms with Gasteiger partial charge in [0.15, 0.2) is 0 Å². The summed E-state index contributed by atoms with van der Waals surface area (Å²) in [7, 11) is 0. The molecule has 3 N–H and O–H groups in total. The lowest BCUT2D eigenvalue weighted by Gasteiger charge is -2.07. The van der Waals surface area contributed by atoms with Crippen LogP contribution in [0.15, 0.2) is 60.9 Å². The molecule has 0 aliphatic heterocycles. The van der Waals surface area contributed by atoms with Gasteiger partial charge in [0.05, 0.1) is 29.7 Å². The summed E-state index contributed by atoms with van der Waals surface area (Å²) in [5.41, 5.74) is 9.58. The number of hydrogen-bond acceptors (Lipinski definition) is 5. The molecule has 0 spiro atoms. The largest absolute Gasteiger partial charge is 0.399 e. The Bertz CT molecular complexity index is 817. The maximum Gasteiger partial charge on any atom is 0.149 e. The number of anilines is 3. The van der Waals surface area contributed by atoms with Crippen molar-refractivity contribution < 1.29 is 0 Å². The molecule has 0 amide bonds. The van der Waals surface area contributed by atoms with Crippen molar-refractivity contribution in [2.45, 2.75) is 0 Å². The Kier molecular flexibility index (Phi) is 3.67. The number of hydrogen-bond donors (Lipinski definition) is 2. The smallest absolute Gasteiger partial charge is 0.149 e. The van der Waals surface area contributed by atoms with Crippen LogP contribution in [0, 0.1) is 11.3 Å². The van der Waals surface area contributed by atoms with Crippen molar-refractivity contribution in [3.05, 3.63) is 66.5 Å². The highest BCUT2D eigenvalue weighted by molar-refractivity contribution is 5.64. The SMILES string of the molecule is N#Cc1ccc(Nc2cncc(-c3ccc(N)cc3)n2)cc1. The average molecular weight is 287 g/mol. The highest BCUT2D eigenvalue weighted by atomic mass is 15.0. The Morgan fingerprint density at radius 2 is 1.68 bits per heavy atom. The Morgan fingerprint density at radius 1 is 0.955 bits per heavy atom. The van der Waals surface area contributed by atoms with Crippen LogP contribution in [0.5, 0.6) is 0 Å². The van der Waals surface area contributed by atoms with Crippen LogP contribution in [-0.2, 0) is 0 Å². The third kappa shape index (κ3) is 3.02. The lowest BCUT2D eigenvalue weighted by atomic mass is 10.1. The Labute approximate surface area is 128 Å². The molecule has 5 heteroatoms. The van der Waals surface area contributed by atoms with Gasteiger partial charge in [-0.1, -0.05) is 12.1 Å². The summed E-state index contributed by atoms with van der Waals surface area (Å²) >= 11 is 0. The Balaban J connectivity index is 1.84. The molecule has 0 unspecified atom stereocenters. The van der Waals surface area contributed by atoms with E-state index in [4.69, 9.17) is 11.0 Å². The molecule has 2 aromatic carbocycles.